The first-order valence-corrected chi connectivity index (χ1v) is 11.2. The summed E-state index contributed by atoms with van der Waals surface area (Å²) >= 11 is 0. The Kier molecular flexibility index (Phi) is 7.21. The summed E-state index contributed by atoms with van der Waals surface area (Å²) in [6.45, 7) is 1.06. The highest BCUT2D eigenvalue weighted by Gasteiger charge is 2.32. The van der Waals surface area contributed by atoms with Crippen LogP contribution in [0.4, 0.5) is 15.0 Å². The van der Waals surface area contributed by atoms with Gasteiger partial charge in [-0.05, 0) is 48.7 Å². The molecule has 178 valence electrons. The smallest absolute Gasteiger partial charge is 0.407 e. The molecule has 0 bridgehead atoms. The molecule has 1 saturated heterocycles. The Morgan fingerprint density at radius 3 is 2.71 bits per heavy atom. The highest BCUT2D eigenvalue weighted by molar-refractivity contribution is 5.99. The molecular formula is C26H24FN5O3. The number of hydrogen-bond donors (Lipinski definition) is 3. The Morgan fingerprint density at radius 1 is 1.17 bits per heavy atom. The number of rotatable bonds is 8. The molecule has 3 N–H and O–H groups in total. The van der Waals surface area contributed by atoms with Crippen LogP contribution in [-0.4, -0.2) is 52.7 Å². The van der Waals surface area contributed by atoms with E-state index >= 15 is 0 Å². The van der Waals surface area contributed by atoms with E-state index < -0.39 is 6.09 Å². The van der Waals surface area contributed by atoms with Gasteiger partial charge in [0.2, 0.25) is 0 Å². The topological polar surface area (TPSA) is 118 Å². The molecule has 0 spiro atoms. The van der Waals surface area contributed by atoms with Crippen molar-refractivity contribution >= 4 is 17.8 Å². The standard InChI is InChI=1S/C26H24FN5O3/c27-19-6-3-4-17(14-19)10-12-29-24-22(25(33)30-16-20-11-13-32(20)26(34)35)8-9-23(31-24)21-7-2-1-5-18(21)15-28/h1-9,14,20H,10-13,16H2,(H,29,31)(H,30,33)(H,34,35)/t20-/m1/s1. The van der Waals surface area contributed by atoms with Gasteiger partial charge in [-0.3, -0.25) is 4.79 Å². The van der Waals surface area contributed by atoms with Crippen LogP contribution in [0.2, 0.25) is 0 Å². The molecule has 8 nitrogen and oxygen atoms in total. The van der Waals surface area contributed by atoms with E-state index in [0.29, 0.717) is 54.1 Å². The third-order valence-electron chi connectivity index (χ3n) is 5.95. The molecule has 1 atom stereocenters. The van der Waals surface area contributed by atoms with Crippen molar-refractivity contribution in [2.24, 2.45) is 0 Å². The highest BCUT2D eigenvalue weighted by atomic mass is 19.1. The molecule has 9 heteroatoms. The minimum absolute atomic E-state index is 0.201. The van der Waals surface area contributed by atoms with Gasteiger partial charge in [-0.25, -0.2) is 14.2 Å². The van der Waals surface area contributed by atoms with Gasteiger partial charge in [-0.15, -0.1) is 0 Å². The van der Waals surface area contributed by atoms with E-state index in [0.717, 1.165) is 5.56 Å². The fraction of sp³-hybridized carbons (Fsp3) is 0.231. The fourth-order valence-corrected chi connectivity index (χ4v) is 3.96. The molecule has 1 aromatic heterocycles. The molecule has 2 heterocycles. The number of aromatic nitrogens is 1. The molecule has 1 aliphatic rings. The molecule has 0 aliphatic carbocycles. The van der Waals surface area contributed by atoms with Crippen molar-refractivity contribution in [2.75, 3.05) is 25.0 Å². The average Bonchev–Trinajstić information content (AvgIpc) is 2.83. The van der Waals surface area contributed by atoms with Crippen LogP contribution in [0, 0.1) is 17.1 Å². The van der Waals surface area contributed by atoms with E-state index in [1.165, 1.54) is 17.0 Å². The summed E-state index contributed by atoms with van der Waals surface area (Å²) in [7, 11) is 0. The van der Waals surface area contributed by atoms with Gasteiger partial charge in [0.05, 0.1) is 28.9 Å². The van der Waals surface area contributed by atoms with Crippen LogP contribution >= 0.6 is 0 Å². The minimum Gasteiger partial charge on any atom is -0.465 e. The largest absolute Gasteiger partial charge is 0.465 e. The van der Waals surface area contributed by atoms with E-state index in [1.54, 1.807) is 36.4 Å². The Morgan fingerprint density at radius 2 is 2.00 bits per heavy atom. The van der Waals surface area contributed by atoms with Crippen LogP contribution < -0.4 is 10.6 Å². The van der Waals surface area contributed by atoms with Gasteiger partial charge in [0, 0.05) is 25.2 Å². The number of carboxylic acid groups (broad SMARTS) is 1. The molecule has 0 saturated carbocycles. The fourth-order valence-electron chi connectivity index (χ4n) is 3.96. The number of hydrogen-bond acceptors (Lipinski definition) is 5. The Hall–Kier alpha value is -4.45. The molecule has 4 rings (SSSR count). The van der Waals surface area contributed by atoms with Crippen molar-refractivity contribution in [1.82, 2.24) is 15.2 Å². The third-order valence-corrected chi connectivity index (χ3v) is 5.95. The quantitative estimate of drug-likeness (QED) is 0.457. The zero-order valence-corrected chi connectivity index (χ0v) is 18.9. The number of anilines is 1. The SMILES string of the molecule is N#Cc1ccccc1-c1ccc(C(=O)NC[C@H]2CCN2C(=O)O)c(NCCc2cccc(F)c2)n1. The number of halogens is 1. The maximum atomic E-state index is 13.5. The first kappa shape index (κ1) is 23.7. The normalized spacial score (nSPS) is 14.5. The number of likely N-dealkylation sites (tertiary alicyclic amines) is 1. The van der Waals surface area contributed by atoms with Crippen LogP contribution in [0.15, 0.2) is 60.7 Å². The van der Waals surface area contributed by atoms with Gasteiger partial charge in [0.1, 0.15) is 11.6 Å². The van der Waals surface area contributed by atoms with Gasteiger partial charge < -0.3 is 20.6 Å². The zero-order chi connectivity index (χ0) is 24.8. The van der Waals surface area contributed by atoms with Crippen molar-refractivity contribution in [3.63, 3.8) is 0 Å². The molecule has 35 heavy (non-hydrogen) atoms. The second-order valence-electron chi connectivity index (χ2n) is 8.19. The molecule has 0 radical (unpaired) electrons. The van der Waals surface area contributed by atoms with Crippen molar-refractivity contribution < 1.29 is 19.1 Å². The zero-order valence-electron chi connectivity index (χ0n) is 18.9. The number of benzene rings is 2. The molecular weight excluding hydrogens is 449 g/mol. The summed E-state index contributed by atoms with van der Waals surface area (Å²) < 4.78 is 13.5. The van der Waals surface area contributed by atoms with Gasteiger partial charge in [-0.2, -0.15) is 5.26 Å². The van der Waals surface area contributed by atoms with Crippen LogP contribution in [-0.2, 0) is 6.42 Å². The molecule has 0 unspecified atom stereocenters. The van der Waals surface area contributed by atoms with Gasteiger partial charge in [0.25, 0.3) is 5.91 Å². The van der Waals surface area contributed by atoms with Crippen LogP contribution in [0.5, 0.6) is 0 Å². The summed E-state index contributed by atoms with van der Waals surface area (Å²) in [5, 5.41) is 24.6. The molecule has 1 fully saturated rings. The molecule has 2 amide bonds. The first-order valence-electron chi connectivity index (χ1n) is 11.2. The van der Waals surface area contributed by atoms with E-state index in [9.17, 15) is 19.2 Å². The lowest BCUT2D eigenvalue weighted by Gasteiger charge is -2.38. The molecule has 1 aliphatic heterocycles. The summed E-state index contributed by atoms with van der Waals surface area (Å²) in [4.78, 5) is 30.1. The molecule has 3 aromatic rings. The lowest BCUT2D eigenvalue weighted by Crippen LogP contribution is -2.55. The minimum atomic E-state index is -1.00. The maximum Gasteiger partial charge on any atom is 0.407 e. The van der Waals surface area contributed by atoms with Crippen molar-refractivity contribution in [1.29, 1.82) is 5.26 Å². The van der Waals surface area contributed by atoms with E-state index in [4.69, 9.17) is 5.11 Å². The van der Waals surface area contributed by atoms with E-state index in [2.05, 4.69) is 21.7 Å². The van der Waals surface area contributed by atoms with Gasteiger partial charge in [-0.1, -0.05) is 30.3 Å². The number of nitrogens with zero attached hydrogens (tertiary/aromatic N) is 3. The lowest BCUT2D eigenvalue weighted by molar-refractivity contribution is 0.0704. The van der Waals surface area contributed by atoms with Gasteiger partial charge in [0.15, 0.2) is 0 Å². The predicted molar refractivity (Wildman–Crippen MR) is 128 cm³/mol. The van der Waals surface area contributed by atoms with E-state index in [-0.39, 0.29) is 24.3 Å². The Labute approximate surface area is 202 Å². The third kappa shape index (κ3) is 5.55. The van der Waals surface area contributed by atoms with E-state index in [1.807, 2.05) is 12.1 Å². The Balaban J connectivity index is 1.55. The van der Waals surface area contributed by atoms with Crippen molar-refractivity contribution in [2.45, 2.75) is 18.9 Å². The average molecular weight is 474 g/mol. The number of pyridine rings is 1. The second-order valence-corrected chi connectivity index (χ2v) is 8.19. The van der Waals surface area contributed by atoms with Crippen molar-refractivity contribution in [3.05, 3.63) is 83.2 Å². The summed E-state index contributed by atoms with van der Waals surface area (Å²) in [6, 6.07) is 18.6. The Bertz CT molecular complexity index is 1290. The number of carbonyl (C=O) groups is 2. The number of nitriles is 1. The number of carbonyl (C=O) groups excluding carboxylic acids is 1. The van der Waals surface area contributed by atoms with Crippen LogP contribution in [0.25, 0.3) is 11.3 Å². The summed E-state index contributed by atoms with van der Waals surface area (Å²) in [5.41, 5.74) is 2.73. The van der Waals surface area contributed by atoms with Crippen molar-refractivity contribution in [3.8, 4) is 17.3 Å². The lowest BCUT2D eigenvalue weighted by atomic mass is 10.0. The van der Waals surface area contributed by atoms with Gasteiger partial charge >= 0.3 is 6.09 Å². The highest BCUT2D eigenvalue weighted by Crippen LogP contribution is 2.25. The molecule has 2 aromatic carbocycles. The summed E-state index contributed by atoms with van der Waals surface area (Å²) in [5.74, 6) is -0.377. The number of nitrogens with one attached hydrogen (secondary N) is 2. The summed E-state index contributed by atoms with van der Waals surface area (Å²) in [6.07, 6.45) is 0.195. The maximum absolute atomic E-state index is 13.5. The predicted octanol–water partition coefficient (Wildman–Crippen LogP) is 3.90. The first-order chi connectivity index (χ1) is 17.0. The monoisotopic (exact) mass is 473 g/mol. The second kappa shape index (κ2) is 10.7. The number of amides is 2. The van der Waals surface area contributed by atoms with Crippen LogP contribution in [0.3, 0.4) is 0 Å². The van der Waals surface area contributed by atoms with Crippen LogP contribution in [0.1, 0.15) is 27.9 Å².